The van der Waals surface area contributed by atoms with Gasteiger partial charge in [0.1, 0.15) is 10.3 Å². The summed E-state index contributed by atoms with van der Waals surface area (Å²) < 4.78 is 0. The fourth-order valence-corrected chi connectivity index (χ4v) is 1.66. The topological polar surface area (TPSA) is 65.9 Å². The molecule has 4 nitrogen and oxygen atoms in total. The smallest absolute Gasteiger partial charge is 0.190 e. The van der Waals surface area contributed by atoms with E-state index in [1.807, 2.05) is 0 Å². The summed E-state index contributed by atoms with van der Waals surface area (Å²) >= 11 is 12.3. The van der Waals surface area contributed by atoms with Crippen molar-refractivity contribution in [1.29, 1.82) is 0 Å². The quantitative estimate of drug-likeness (QED) is 0.434. The number of halogens is 2. The van der Waals surface area contributed by atoms with Gasteiger partial charge in [-0.3, -0.25) is 0 Å². The van der Waals surface area contributed by atoms with Crippen LogP contribution in [0.4, 0.5) is 0 Å². The number of carbonyl (C=O) groups is 1. The number of carboxylic acid groups (broad SMARTS) is 1. The van der Waals surface area contributed by atoms with E-state index in [4.69, 9.17) is 23.2 Å². The molecule has 1 heterocycles. The molecule has 0 saturated heterocycles. The summed E-state index contributed by atoms with van der Waals surface area (Å²) in [7, 11) is 0. The first kappa shape index (κ1) is 10.6. The van der Waals surface area contributed by atoms with Crippen molar-refractivity contribution in [2.45, 2.75) is 5.16 Å². The van der Waals surface area contributed by atoms with Crippen LogP contribution in [0.1, 0.15) is 10.4 Å². The van der Waals surface area contributed by atoms with Gasteiger partial charge in [-0.15, -0.1) is 0 Å². The fraction of sp³-hybridized carbons (Fsp3) is 0.167. The van der Waals surface area contributed by atoms with E-state index in [1.165, 1.54) is 11.8 Å². The van der Waals surface area contributed by atoms with E-state index in [1.54, 1.807) is 6.26 Å². The van der Waals surface area contributed by atoms with Crippen LogP contribution in [0.25, 0.3) is 0 Å². The van der Waals surface area contributed by atoms with Crippen LogP contribution in [0, 0.1) is 0 Å². The average molecular weight is 238 g/mol. The molecule has 0 unspecified atom stereocenters. The minimum atomic E-state index is -1.48. The summed E-state index contributed by atoms with van der Waals surface area (Å²) in [6, 6.07) is 0. The molecule has 70 valence electrons. The first-order valence-electron chi connectivity index (χ1n) is 3.04. The molecule has 0 atom stereocenters. The van der Waals surface area contributed by atoms with E-state index < -0.39 is 5.97 Å². The van der Waals surface area contributed by atoms with Crippen LogP contribution in [-0.2, 0) is 0 Å². The van der Waals surface area contributed by atoms with Gasteiger partial charge < -0.3 is 9.90 Å². The second kappa shape index (κ2) is 4.13. The van der Waals surface area contributed by atoms with Crippen LogP contribution in [0.5, 0.6) is 0 Å². The van der Waals surface area contributed by atoms with Crippen LogP contribution in [-0.4, -0.2) is 22.2 Å². The average Bonchev–Trinajstić information content (AvgIpc) is 2.02. The van der Waals surface area contributed by atoms with Crippen molar-refractivity contribution >= 4 is 40.9 Å². The molecule has 7 heteroatoms. The van der Waals surface area contributed by atoms with Gasteiger partial charge in [-0.1, -0.05) is 35.0 Å². The van der Waals surface area contributed by atoms with Gasteiger partial charge in [-0.25, -0.2) is 9.97 Å². The Kier molecular flexibility index (Phi) is 3.35. The number of carboxylic acids is 1. The SMILES string of the molecule is CSc1nc(Cl)c(C(=O)[O-])c(Cl)n1. The highest BCUT2D eigenvalue weighted by atomic mass is 35.5. The zero-order valence-electron chi connectivity index (χ0n) is 6.38. The van der Waals surface area contributed by atoms with Gasteiger partial charge in [0.25, 0.3) is 0 Å². The molecule has 0 radical (unpaired) electrons. The monoisotopic (exact) mass is 237 g/mol. The lowest BCUT2D eigenvalue weighted by atomic mass is 10.3. The number of thioether (sulfide) groups is 1. The van der Waals surface area contributed by atoms with Crippen LogP contribution in [0.2, 0.25) is 10.3 Å². The van der Waals surface area contributed by atoms with Crippen LogP contribution in [0.3, 0.4) is 0 Å². The lowest BCUT2D eigenvalue weighted by Gasteiger charge is -2.06. The van der Waals surface area contributed by atoms with Gasteiger partial charge >= 0.3 is 0 Å². The lowest BCUT2D eigenvalue weighted by molar-refractivity contribution is -0.255. The summed E-state index contributed by atoms with van der Waals surface area (Å²) in [6.07, 6.45) is 1.72. The summed E-state index contributed by atoms with van der Waals surface area (Å²) in [5.41, 5.74) is -0.374. The molecule has 0 N–H and O–H groups in total. The van der Waals surface area contributed by atoms with Crippen LogP contribution in [0.15, 0.2) is 5.16 Å². The molecule has 1 aromatic heterocycles. The Morgan fingerprint density at radius 2 is 1.85 bits per heavy atom. The molecule has 1 rings (SSSR count). The Hall–Kier alpha value is -0.520. The Bertz CT molecular complexity index is 335. The number of rotatable bonds is 2. The highest BCUT2D eigenvalue weighted by Crippen LogP contribution is 2.23. The number of aromatic nitrogens is 2. The van der Waals surface area contributed by atoms with Crippen molar-refractivity contribution < 1.29 is 9.90 Å². The first-order chi connectivity index (χ1) is 6.06. The molecule has 0 fully saturated rings. The van der Waals surface area contributed by atoms with E-state index in [2.05, 4.69) is 9.97 Å². The summed E-state index contributed by atoms with van der Waals surface area (Å²) in [4.78, 5) is 17.8. The predicted molar refractivity (Wildman–Crippen MR) is 48.2 cm³/mol. The van der Waals surface area contributed by atoms with Gasteiger partial charge in [0, 0.05) is 0 Å². The van der Waals surface area contributed by atoms with Crippen molar-refractivity contribution in [3.8, 4) is 0 Å². The van der Waals surface area contributed by atoms with E-state index in [9.17, 15) is 9.90 Å². The van der Waals surface area contributed by atoms with Crippen molar-refractivity contribution in [2.75, 3.05) is 6.26 Å². The zero-order chi connectivity index (χ0) is 10.0. The van der Waals surface area contributed by atoms with E-state index in [0.717, 1.165) is 0 Å². The number of aromatic carboxylic acids is 1. The normalized spacial score (nSPS) is 10.1. The second-order valence-corrected chi connectivity index (χ2v) is 3.44. The summed E-state index contributed by atoms with van der Waals surface area (Å²) in [5.74, 6) is -1.48. The molecule has 0 aromatic carbocycles. The van der Waals surface area contributed by atoms with E-state index >= 15 is 0 Å². The zero-order valence-corrected chi connectivity index (χ0v) is 8.70. The molecular formula is C6H3Cl2N2O2S-. The number of nitrogens with zero attached hydrogens (tertiary/aromatic N) is 2. The third-order valence-electron chi connectivity index (χ3n) is 1.19. The third kappa shape index (κ3) is 2.24. The maximum atomic E-state index is 10.5. The summed E-state index contributed by atoms with van der Waals surface area (Å²) in [5, 5.41) is 10.4. The predicted octanol–water partition coefficient (Wildman–Crippen LogP) is 0.869. The molecular weight excluding hydrogens is 235 g/mol. The lowest BCUT2D eigenvalue weighted by Crippen LogP contribution is -2.24. The minimum absolute atomic E-state index is 0.204. The largest absolute Gasteiger partial charge is 0.545 e. The maximum Gasteiger partial charge on any atom is 0.190 e. The molecule has 0 aliphatic heterocycles. The van der Waals surface area contributed by atoms with Gasteiger partial charge in [0.05, 0.1) is 11.5 Å². The van der Waals surface area contributed by atoms with Crippen LogP contribution >= 0.6 is 35.0 Å². The Balaban J connectivity index is 3.31. The van der Waals surface area contributed by atoms with Crippen LogP contribution < -0.4 is 5.11 Å². The fourth-order valence-electron chi connectivity index (χ4n) is 0.650. The molecule has 0 amide bonds. The molecule has 0 saturated carbocycles. The highest BCUT2D eigenvalue weighted by Gasteiger charge is 2.11. The van der Waals surface area contributed by atoms with Crippen molar-refractivity contribution in [1.82, 2.24) is 9.97 Å². The van der Waals surface area contributed by atoms with E-state index in [0.29, 0.717) is 5.16 Å². The number of hydrogen-bond acceptors (Lipinski definition) is 5. The molecule has 0 aliphatic carbocycles. The van der Waals surface area contributed by atoms with Gasteiger partial charge in [-0.05, 0) is 6.26 Å². The maximum absolute atomic E-state index is 10.5. The second-order valence-electron chi connectivity index (χ2n) is 1.95. The molecule has 0 bridgehead atoms. The highest BCUT2D eigenvalue weighted by molar-refractivity contribution is 7.98. The molecule has 0 aliphatic rings. The number of carbonyl (C=O) groups excluding carboxylic acids is 1. The van der Waals surface area contributed by atoms with Gasteiger partial charge in [0.15, 0.2) is 5.16 Å². The van der Waals surface area contributed by atoms with E-state index in [-0.39, 0.29) is 15.9 Å². The van der Waals surface area contributed by atoms with Gasteiger partial charge in [-0.2, -0.15) is 0 Å². The Labute approximate surface area is 88.3 Å². The third-order valence-corrected chi connectivity index (χ3v) is 2.28. The standard InChI is InChI=1S/C6H4Cl2N2O2S/c1-13-6-9-3(7)2(5(11)12)4(8)10-6/h1H3,(H,11,12)/p-1. The van der Waals surface area contributed by atoms with Crippen molar-refractivity contribution in [3.05, 3.63) is 15.9 Å². The Morgan fingerprint density at radius 3 is 2.15 bits per heavy atom. The van der Waals surface area contributed by atoms with Crippen molar-refractivity contribution in [3.63, 3.8) is 0 Å². The first-order valence-corrected chi connectivity index (χ1v) is 5.02. The number of hydrogen-bond donors (Lipinski definition) is 0. The Morgan fingerprint density at radius 1 is 1.38 bits per heavy atom. The summed E-state index contributed by atoms with van der Waals surface area (Å²) in [6.45, 7) is 0. The molecule has 13 heavy (non-hydrogen) atoms. The van der Waals surface area contributed by atoms with Gasteiger partial charge in [0.2, 0.25) is 0 Å². The van der Waals surface area contributed by atoms with Crippen molar-refractivity contribution in [2.24, 2.45) is 0 Å². The molecule has 0 spiro atoms. The molecule has 1 aromatic rings. The minimum Gasteiger partial charge on any atom is -0.545 e.